The first-order chi connectivity index (χ1) is 8.68. The second-order valence-electron chi connectivity index (χ2n) is 4.43. The number of thiazole rings is 1. The number of rotatable bonds is 5. The van der Waals surface area contributed by atoms with E-state index in [2.05, 4.69) is 34.1 Å². The SMILES string of the molecule is Cc1nccnc1C(C)NCC(C)c1nccs1. The third-order valence-electron chi connectivity index (χ3n) is 2.93. The van der Waals surface area contributed by atoms with E-state index in [9.17, 15) is 0 Å². The summed E-state index contributed by atoms with van der Waals surface area (Å²) in [7, 11) is 0. The highest BCUT2D eigenvalue weighted by molar-refractivity contribution is 7.09. The Bertz CT molecular complexity index is 483. The van der Waals surface area contributed by atoms with Crippen LogP contribution >= 0.6 is 11.3 Å². The van der Waals surface area contributed by atoms with Gasteiger partial charge in [0.25, 0.3) is 0 Å². The number of nitrogens with one attached hydrogen (secondary N) is 1. The molecule has 2 atom stereocenters. The van der Waals surface area contributed by atoms with E-state index in [0.29, 0.717) is 5.92 Å². The number of nitrogens with zero attached hydrogens (tertiary/aromatic N) is 3. The minimum atomic E-state index is 0.209. The topological polar surface area (TPSA) is 50.7 Å². The standard InChI is InChI=1S/C13H18N4S/c1-9(13-16-6-7-18-13)8-17-11(3)12-10(2)14-4-5-15-12/h4-7,9,11,17H,8H2,1-3H3. The fourth-order valence-electron chi connectivity index (χ4n) is 1.86. The van der Waals surface area contributed by atoms with Crippen LogP contribution in [0, 0.1) is 6.92 Å². The van der Waals surface area contributed by atoms with Gasteiger partial charge in [0, 0.05) is 42.5 Å². The van der Waals surface area contributed by atoms with Gasteiger partial charge in [0.05, 0.1) is 16.4 Å². The van der Waals surface area contributed by atoms with Gasteiger partial charge in [0.15, 0.2) is 0 Å². The lowest BCUT2D eigenvalue weighted by Crippen LogP contribution is -2.25. The normalized spacial score (nSPS) is 14.4. The summed E-state index contributed by atoms with van der Waals surface area (Å²) in [5.41, 5.74) is 2.00. The highest BCUT2D eigenvalue weighted by atomic mass is 32.1. The third-order valence-corrected chi connectivity index (χ3v) is 3.94. The molecule has 0 aromatic carbocycles. The zero-order chi connectivity index (χ0) is 13.0. The number of aromatic nitrogens is 3. The van der Waals surface area contributed by atoms with Crippen LogP contribution in [-0.2, 0) is 0 Å². The van der Waals surface area contributed by atoms with E-state index in [1.165, 1.54) is 5.01 Å². The molecule has 2 heterocycles. The van der Waals surface area contributed by atoms with Gasteiger partial charge in [-0.25, -0.2) is 4.98 Å². The van der Waals surface area contributed by atoms with E-state index in [-0.39, 0.29) is 6.04 Å². The van der Waals surface area contributed by atoms with Crippen LogP contribution in [0.15, 0.2) is 24.0 Å². The van der Waals surface area contributed by atoms with Gasteiger partial charge in [-0.15, -0.1) is 11.3 Å². The zero-order valence-electron chi connectivity index (χ0n) is 10.9. The smallest absolute Gasteiger partial charge is 0.0965 e. The van der Waals surface area contributed by atoms with E-state index in [1.54, 1.807) is 23.7 Å². The maximum absolute atomic E-state index is 4.38. The molecule has 2 rings (SSSR count). The lowest BCUT2D eigenvalue weighted by atomic mass is 10.1. The average molecular weight is 262 g/mol. The fourth-order valence-corrected chi connectivity index (χ4v) is 2.56. The lowest BCUT2D eigenvalue weighted by molar-refractivity contribution is 0.523. The van der Waals surface area contributed by atoms with Crippen LogP contribution in [0.2, 0.25) is 0 Å². The van der Waals surface area contributed by atoms with Crippen LogP contribution in [0.25, 0.3) is 0 Å². The molecule has 5 heteroatoms. The second-order valence-corrected chi connectivity index (χ2v) is 5.35. The van der Waals surface area contributed by atoms with Gasteiger partial charge in [-0.1, -0.05) is 6.92 Å². The molecule has 2 aromatic heterocycles. The first kappa shape index (κ1) is 13.1. The van der Waals surface area contributed by atoms with Gasteiger partial charge in [-0.2, -0.15) is 0 Å². The van der Waals surface area contributed by atoms with Crippen LogP contribution in [0.3, 0.4) is 0 Å². The van der Waals surface area contributed by atoms with Crippen molar-refractivity contribution in [1.82, 2.24) is 20.3 Å². The predicted molar refractivity (Wildman–Crippen MR) is 73.7 cm³/mol. The minimum absolute atomic E-state index is 0.209. The van der Waals surface area contributed by atoms with Crippen LogP contribution in [-0.4, -0.2) is 21.5 Å². The molecule has 0 saturated carbocycles. The molecule has 4 nitrogen and oxygen atoms in total. The lowest BCUT2D eigenvalue weighted by Gasteiger charge is -2.17. The Morgan fingerprint density at radius 3 is 2.61 bits per heavy atom. The van der Waals surface area contributed by atoms with Crippen molar-refractivity contribution in [3.63, 3.8) is 0 Å². The van der Waals surface area contributed by atoms with Gasteiger partial charge in [-0.05, 0) is 13.8 Å². The van der Waals surface area contributed by atoms with Crippen LogP contribution in [0.4, 0.5) is 0 Å². The summed E-state index contributed by atoms with van der Waals surface area (Å²) in [6.45, 7) is 7.18. The Morgan fingerprint density at radius 1 is 1.17 bits per heavy atom. The second kappa shape index (κ2) is 6.02. The van der Waals surface area contributed by atoms with Crippen molar-refractivity contribution in [2.24, 2.45) is 0 Å². The molecule has 0 aliphatic carbocycles. The Labute approximate surface area is 112 Å². The molecular formula is C13H18N4S. The Kier molecular flexibility index (Phi) is 4.38. The number of aryl methyl sites for hydroxylation is 1. The Hall–Kier alpha value is -1.33. The highest BCUT2D eigenvalue weighted by Crippen LogP contribution is 2.18. The monoisotopic (exact) mass is 262 g/mol. The molecule has 18 heavy (non-hydrogen) atoms. The summed E-state index contributed by atoms with van der Waals surface area (Å²) in [5.74, 6) is 0.421. The summed E-state index contributed by atoms with van der Waals surface area (Å²) in [4.78, 5) is 13.0. The van der Waals surface area contributed by atoms with E-state index >= 15 is 0 Å². The van der Waals surface area contributed by atoms with Crippen molar-refractivity contribution in [2.75, 3.05) is 6.54 Å². The van der Waals surface area contributed by atoms with E-state index < -0.39 is 0 Å². The first-order valence-electron chi connectivity index (χ1n) is 6.08. The molecule has 96 valence electrons. The van der Waals surface area contributed by atoms with E-state index in [4.69, 9.17) is 0 Å². The van der Waals surface area contributed by atoms with Crippen LogP contribution in [0.1, 0.15) is 42.2 Å². The molecule has 0 saturated heterocycles. The van der Waals surface area contributed by atoms with Crippen molar-refractivity contribution in [2.45, 2.75) is 32.7 Å². The van der Waals surface area contributed by atoms with Gasteiger partial charge >= 0.3 is 0 Å². The predicted octanol–water partition coefficient (Wildman–Crippen LogP) is 2.70. The Balaban J connectivity index is 1.93. The average Bonchev–Trinajstić information content (AvgIpc) is 2.90. The van der Waals surface area contributed by atoms with E-state index in [1.807, 2.05) is 18.5 Å². The van der Waals surface area contributed by atoms with Crippen LogP contribution in [0.5, 0.6) is 0 Å². The molecule has 0 amide bonds. The summed E-state index contributed by atoms with van der Waals surface area (Å²) < 4.78 is 0. The zero-order valence-corrected chi connectivity index (χ0v) is 11.7. The molecule has 2 unspecified atom stereocenters. The van der Waals surface area contributed by atoms with Gasteiger partial charge < -0.3 is 5.32 Å². The quantitative estimate of drug-likeness (QED) is 0.900. The molecule has 0 spiro atoms. The summed E-state index contributed by atoms with van der Waals surface area (Å²) in [6.07, 6.45) is 5.32. The molecule has 0 radical (unpaired) electrons. The fraction of sp³-hybridized carbons (Fsp3) is 0.462. The van der Waals surface area contributed by atoms with Gasteiger partial charge in [0.2, 0.25) is 0 Å². The minimum Gasteiger partial charge on any atom is -0.308 e. The number of hydrogen-bond donors (Lipinski definition) is 1. The molecular weight excluding hydrogens is 244 g/mol. The molecule has 2 aromatic rings. The summed E-state index contributed by atoms with van der Waals surface area (Å²) in [5, 5.41) is 6.68. The van der Waals surface area contributed by atoms with Gasteiger partial charge in [-0.3, -0.25) is 9.97 Å². The molecule has 0 aliphatic heterocycles. The largest absolute Gasteiger partial charge is 0.308 e. The highest BCUT2D eigenvalue weighted by Gasteiger charge is 2.13. The van der Waals surface area contributed by atoms with Crippen molar-refractivity contribution in [3.8, 4) is 0 Å². The van der Waals surface area contributed by atoms with Crippen molar-refractivity contribution in [3.05, 3.63) is 40.4 Å². The maximum Gasteiger partial charge on any atom is 0.0965 e. The first-order valence-corrected chi connectivity index (χ1v) is 6.96. The summed E-state index contributed by atoms with van der Waals surface area (Å²) >= 11 is 1.70. The molecule has 0 bridgehead atoms. The van der Waals surface area contributed by atoms with Crippen LogP contribution < -0.4 is 5.32 Å². The van der Waals surface area contributed by atoms with Crippen molar-refractivity contribution in [1.29, 1.82) is 0 Å². The molecule has 1 N–H and O–H groups in total. The number of hydrogen-bond acceptors (Lipinski definition) is 5. The van der Waals surface area contributed by atoms with Crippen molar-refractivity contribution < 1.29 is 0 Å². The molecule has 0 aliphatic rings. The Morgan fingerprint density at radius 2 is 1.94 bits per heavy atom. The van der Waals surface area contributed by atoms with Crippen molar-refractivity contribution >= 4 is 11.3 Å². The third kappa shape index (κ3) is 3.11. The maximum atomic E-state index is 4.38. The molecule has 0 fully saturated rings. The summed E-state index contributed by atoms with van der Waals surface area (Å²) in [6, 6.07) is 0.209. The van der Waals surface area contributed by atoms with Gasteiger partial charge in [0.1, 0.15) is 0 Å². The van der Waals surface area contributed by atoms with E-state index in [0.717, 1.165) is 17.9 Å².